The molecule has 0 amide bonds. The molecule has 1 N–H and O–H groups in total. The topological polar surface area (TPSA) is 26.7 Å². The third-order valence-corrected chi connectivity index (χ3v) is 6.05. The first kappa shape index (κ1) is 17.7. The molecule has 0 saturated carbocycles. The van der Waals surface area contributed by atoms with Crippen molar-refractivity contribution in [3.63, 3.8) is 0 Å². The van der Waals surface area contributed by atoms with Crippen LogP contribution in [0, 0.1) is 11.8 Å². The number of nitrogens with zero attached hydrogens (tertiary/aromatic N) is 2. The third kappa shape index (κ3) is 4.17. The van der Waals surface area contributed by atoms with E-state index in [1.165, 1.54) is 42.6 Å². The van der Waals surface area contributed by atoms with Crippen LogP contribution in [-0.4, -0.2) is 54.2 Å². The maximum atomic E-state index is 9.81. The van der Waals surface area contributed by atoms with E-state index in [-0.39, 0.29) is 0 Å². The minimum absolute atomic E-state index is 0.321. The average Bonchev–Trinajstić information content (AvgIpc) is 3.33. The van der Waals surface area contributed by atoms with Gasteiger partial charge in [-0.15, -0.1) is 0 Å². The predicted octanol–water partition coefficient (Wildman–Crippen LogP) is 3.49. The molecule has 4 rings (SSSR count). The highest BCUT2D eigenvalue weighted by atomic mass is 16.3. The van der Waals surface area contributed by atoms with E-state index in [4.69, 9.17) is 0 Å². The van der Waals surface area contributed by atoms with Crippen molar-refractivity contribution in [1.82, 2.24) is 9.80 Å². The Balaban J connectivity index is 1.36. The number of likely N-dealkylation sites (tertiary alicyclic amines) is 2. The fourth-order valence-corrected chi connectivity index (χ4v) is 4.57. The number of rotatable bonds is 6. The molecule has 2 aliphatic heterocycles. The molecular weight excluding hydrogens is 320 g/mol. The number of benzene rings is 2. The van der Waals surface area contributed by atoms with Crippen molar-refractivity contribution in [3.8, 4) is 11.1 Å². The van der Waals surface area contributed by atoms with Gasteiger partial charge in [-0.05, 0) is 54.5 Å². The van der Waals surface area contributed by atoms with Gasteiger partial charge in [0.15, 0.2) is 0 Å². The summed E-state index contributed by atoms with van der Waals surface area (Å²) >= 11 is 0. The van der Waals surface area contributed by atoms with Crippen molar-refractivity contribution in [3.05, 3.63) is 60.2 Å². The smallest absolute Gasteiger partial charge is 0.0475 e. The van der Waals surface area contributed by atoms with Crippen LogP contribution in [0.2, 0.25) is 0 Å². The van der Waals surface area contributed by atoms with Crippen molar-refractivity contribution in [2.24, 2.45) is 11.8 Å². The Morgan fingerprint density at radius 3 is 2.12 bits per heavy atom. The second-order valence-electron chi connectivity index (χ2n) is 7.97. The van der Waals surface area contributed by atoms with Crippen molar-refractivity contribution in [2.75, 3.05) is 39.3 Å². The zero-order valence-electron chi connectivity index (χ0n) is 15.6. The molecule has 138 valence electrons. The molecule has 2 aromatic carbocycles. The van der Waals surface area contributed by atoms with Gasteiger partial charge in [-0.2, -0.15) is 0 Å². The molecule has 0 spiro atoms. The van der Waals surface area contributed by atoms with Gasteiger partial charge in [0.1, 0.15) is 0 Å². The van der Waals surface area contributed by atoms with E-state index in [1.54, 1.807) is 0 Å². The Bertz CT molecular complexity index is 679. The third-order valence-electron chi connectivity index (χ3n) is 6.05. The van der Waals surface area contributed by atoms with Gasteiger partial charge in [0.05, 0.1) is 0 Å². The van der Waals surface area contributed by atoms with Gasteiger partial charge in [0.2, 0.25) is 0 Å². The van der Waals surface area contributed by atoms with E-state index in [0.717, 1.165) is 26.2 Å². The summed E-state index contributed by atoms with van der Waals surface area (Å²) in [6, 6.07) is 19.5. The highest BCUT2D eigenvalue weighted by Gasteiger charge is 2.33. The quantitative estimate of drug-likeness (QED) is 0.864. The Kier molecular flexibility index (Phi) is 5.68. The standard InChI is InChI=1S/C23H30N2O/c26-18-23-17-25(16-22(23)15-24-12-4-5-13-24)14-19-8-10-21(11-9-19)20-6-2-1-3-7-20/h1-3,6-11,22-23,26H,4-5,12-18H2/t22-,23-/m1/s1. The summed E-state index contributed by atoms with van der Waals surface area (Å²) in [4.78, 5) is 5.12. The maximum absolute atomic E-state index is 9.81. The second kappa shape index (κ2) is 8.34. The minimum Gasteiger partial charge on any atom is -0.396 e. The summed E-state index contributed by atoms with van der Waals surface area (Å²) < 4.78 is 0. The summed E-state index contributed by atoms with van der Waals surface area (Å²) in [5, 5.41) is 9.81. The molecule has 0 aliphatic carbocycles. The lowest BCUT2D eigenvalue weighted by Crippen LogP contribution is -2.31. The van der Waals surface area contributed by atoms with Crippen LogP contribution in [0.15, 0.2) is 54.6 Å². The van der Waals surface area contributed by atoms with Crippen LogP contribution in [0.3, 0.4) is 0 Å². The SMILES string of the molecule is OC[C@H]1CN(Cc2ccc(-c3ccccc3)cc2)C[C@H]1CN1CCCC1. The lowest BCUT2D eigenvalue weighted by Gasteiger charge is -2.23. The zero-order valence-corrected chi connectivity index (χ0v) is 15.6. The molecule has 2 aromatic rings. The molecule has 0 aromatic heterocycles. The molecule has 26 heavy (non-hydrogen) atoms. The Morgan fingerprint density at radius 1 is 0.769 bits per heavy atom. The number of hydrogen-bond acceptors (Lipinski definition) is 3. The van der Waals surface area contributed by atoms with E-state index in [9.17, 15) is 5.11 Å². The first-order chi connectivity index (χ1) is 12.8. The summed E-state index contributed by atoms with van der Waals surface area (Å²) in [5.74, 6) is 1.04. The fraction of sp³-hybridized carbons (Fsp3) is 0.478. The van der Waals surface area contributed by atoms with Crippen LogP contribution in [0.25, 0.3) is 11.1 Å². The van der Waals surface area contributed by atoms with Crippen LogP contribution >= 0.6 is 0 Å². The molecule has 2 aliphatic rings. The van der Waals surface area contributed by atoms with Crippen molar-refractivity contribution in [1.29, 1.82) is 0 Å². The molecule has 2 fully saturated rings. The molecule has 3 nitrogen and oxygen atoms in total. The van der Waals surface area contributed by atoms with Crippen LogP contribution in [-0.2, 0) is 6.54 Å². The monoisotopic (exact) mass is 350 g/mol. The van der Waals surface area contributed by atoms with E-state index in [1.807, 2.05) is 0 Å². The molecule has 2 saturated heterocycles. The Hall–Kier alpha value is -1.68. The average molecular weight is 351 g/mol. The highest BCUT2D eigenvalue weighted by molar-refractivity contribution is 5.63. The van der Waals surface area contributed by atoms with E-state index < -0.39 is 0 Å². The largest absolute Gasteiger partial charge is 0.396 e. The second-order valence-corrected chi connectivity index (χ2v) is 7.97. The van der Waals surface area contributed by atoms with Gasteiger partial charge in [0.25, 0.3) is 0 Å². The van der Waals surface area contributed by atoms with Gasteiger partial charge in [-0.3, -0.25) is 4.90 Å². The van der Waals surface area contributed by atoms with E-state index in [0.29, 0.717) is 18.4 Å². The Labute approximate surface area is 157 Å². The maximum Gasteiger partial charge on any atom is 0.0475 e. The predicted molar refractivity (Wildman–Crippen MR) is 107 cm³/mol. The van der Waals surface area contributed by atoms with Crippen LogP contribution in [0.5, 0.6) is 0 Å². The number of aliphatic hydroxyl groups is 1. The number of aliphatic hydroxyl groups excluding tert-OH is 1. The molecule has 0 radical (unpaired) electrons. The summed E-state index contributed by atoms with van der Waals surface area (Å²) in [6.45, 7) is 7.10. The molecule has 0 unspecified atom stereocenters. The summed E-state index contributed by atoms with van der Waals surface area (Å²) in [5.41, 5.74) is 3.91. The van der Waals surface area contributed by atoms with Gasteiger partial charge < -0.3 is 10.0 Å². The lowest BCUT2D eigenvalue weighted by molar-refractivity contribution is 0.175. The fourth-order valence-electron chi connectivity index (χ4n) is 4.57. The van der Waals surface area contributed by atoms with Crippen LogP contribution in [0.4, 0.5) is 0 Å². The van der Waals surface area contributed by atoms with Gasteiger partial charge in [-0.25, -0.2) is 0 Å². The van der Waals surface area contributed by atoms with Crippen LogP contribution in [0.1, 0.15) is 18.4 Å². The molecular formula is C23H30N2O. The van der Waals surface area contributed by atoms with Gasteiger partial charge in [-0.1, -0.05) is 54.6 Å². The van der Waals surface area contributed by atoms with Gasteiger partial charge >= 0.3 is 0 Å². The first-order valence-corrected chi connectivity index (χ1v) is 10.0. The first-order valence-electron chi connectivity index (χ1n) is 10.0. The number of hydrogen-bond donors (Lipinski definition) is 1. The molecule has 0 bridgehead atoms. The summed E-state index contributed by atoms with van der Waals surface area (Å²) in [7, 11) is 0. The van der Waals surface area contributed by atoms with Crippen LogP contribution < -0.4 is 0 Å². The molecule has 2 heterocycles. The van der Waals surface area contributed by atoms with Crippen molar-refractivity contribution in [2.45, 2.75) is 19.4 Å². The zero-order chi connectivity index (χ0) is 17.8. The van der Waals surface area contributed by atoms with E-state index >= 15 is 0 Å². The van der Waals surface area contributed by atoms with Crippen molar-refractivity contribution >= 4 is 0 Å². The van der Waals surface area contributed by atoms with E-state index in [2.05, 4.69) is 64.4 Å². The normalized spacial score (nSPS) is 24.3. The molecule has 2 atom stereocenters. The Morgan fingerprint density at radius 2 is 1.42 bits per heavy atom. The van der Waals surface area contributed by atoms with Gasteiger partial charge in [0, 0.05) is 32.8 Å². The minimum atomic E-state index is 0.321. The molecule has 3 heteroatoms. The lowest BCUT2D eigenvalue weighted by atomic mass is 9.96. The van der Waals surface area contributed by atoms with Crippen molar-refractivity contribution < 1.29 is 5.11 Å². The summed E-state index contributed by atoms with van der Waals surface area (Å²) in [6.07, 6.45) is 2.68. The highest BCUT2D eigenvalue weighted by Crippen LogP contribution is 2.27.